The minimum Gasteiger partial charge on any atom is -0.353 e. The molecule has 12 heavy (non-hydrogen) atoms. The lowest BCUT2D eigenvalue weighted by Crippen LogP contribution is -2.41. The summed E-state index contributed by atoms with van der Waals surface area (Å²) >= 11 is 0. The summed E-state index contributed by atoms with van der Waals surface area (Å²) in [6.07, 6.45) is 0. The normalized spacial score (nSPS) is 13.1. The summed E-state index contributed by atoms with van der Waals surface area (Å²) < 4.78 is 0. The maximum Gasteiger partial charge on any atom is 0.236 e. The first-order chi connectivity index (χ1) is 5.57. The highest BCUT2D eigenvalue weighted by Crippen LogP contribution is 1.79. The number of hydrogen-bond acceptors (Lipinski definition) is 3. The topological polar surface area (TPSA) is 58.4 Å². The number of amides is 1. The number of hydrogen-bond donors (Lipinski definition) is 2. The molecule has 72 valence electrons. The van der Waals surface area contributed by atoms with Crippen molar-refractivity contribution < 1.29 is 4.79 Å². The molecule has 0 rings (SSSR count). The summed E-state index contributed by atoms with van der Waals surface area (Å²) in [7, 11) is 2.01. The maximum absolute atomic E-state index is 11.0. The Kier molecular flexibility index (Phi) is 5.66. The van der Waals surface area contributed by atoms with Gasteiger partial charge in [0.05, 0.1) is 6.04 Å². The zero-order chi connectivity index (χ0) is 9.56. The summed E-state index contributed by atoms with van der Waals surface area (Å²) in [5, 5.41) is 2.74. The van der Waals surface area contributed by atoms with Gasteiger partial charge in [0, 0.05) is 13.1 Å². The fourth-order valence-corrected chi connectivity index (χ4v) is 0.689. The van der Waals surface area contributed by atoms with Gasteiger partial charge in [-0.1, -0.05) is 6.92 Å². The minimum absolute atomic E-state index is 0.0838. The molecule has 0 radical (unpaired) electrons. The Balaban J connectivity index is 3.37. The third-order valence-corrected chi connectivity index (χ3v) is 1.75. The third kappa shape index (κ3) is 5.09. The number of carbonyl (C=O) groups excluding carboxylic acids is 1. The summed E-state index contributed by atoms with van der Waals surface area (Å²) in [4.78, 5) is 13.1. The summed E-state index contributed by atoms with van der Waals surface area (Å²) in [6, 6.07) is -0.406. The van der Waals surface area contributed by atoms with Gasteiger partial charge in [-0.3, -0.25) is 4.79 Å². The number of nitrogens with one attached hydrogen (secondary N) is 1. The maximum atomic E-state index is 11.0. The molecule has 0 spiro atoms. The average molecular weight is 173 g/mol. The molecular weight excluding hydrogens is 154 g/mol. The van der Waals surface area contributed by atoms with Crippen molar-refractivity contribution in [2.24, 2.45) is 5.73 Å². The average Bonchev–Trinajstić information content (AvgIpc) is 2.03. The molecule has 0 aromatic carbocycles. The van der Waals surface area contributed by atoms with E-state index in [0.29, 0.717) is 6.54 Å². The van der Waals surface area contributed by atoms with E-state index < -0.39 is 6.04 Å². The summed E-state index contributed by atoms with van der Waals surface area (Å²) in [5.74, 6) is -0.0838. The van der Waals surface area contributed by atoms with Crippen LogP contribution in [0.1, 0.15) is 13.8 Å². The second-order valence-electron chi connectivity index (χ2n) is 2.98. The fourth-order valence-electron chi connectivity index (χ4n) is 0.689. The van der Waals surface area contributed by atoms with Gasteiger partial charge < -0.3 is 16.0 Å². The predicted molar refractivity (Wildman–Crippen MR) is 49.8 cm³/mol. The Labute approximate surface area is 74.1 Å². The van der Waals surface area contributed by atoms with Crippen LogP contribution in [0.15, 0.2) is 0 Å². The van der Waals surface area contributed by atoms with Crippen LogP contribution in [-0.4, -0.2) is 43.5 Å². The van der Waals surface area contributed by atoms with Gasteiger partial charge in [0.2, 0.25) is 5.91 Å². The van der Waals surface area contributed by atoms with E-state index in [1.54, 1.807) is 6.92 Å². The Bertz CT molecular complexity index is 136. The van der Waals surface area contributed by atoms with Gasteiger partial charge in [0.25, 0.3) is 0 Å². The van der Waals surface area contributed by atoms with Crippen LogP contribution in [0, 0.1) is 0 Å². The van der Waals surface area contributed by atoms with Crippen LogP contribution in [-0.2, 0) is 4.79 Å². The quantitative estimate of drug-likeness (QED) is 0.584. The van der Waals surface area contributed by atoms with Crippen LogP contribution in [0.3, 0.4) is 0 Å². The lowest BCUT2D eigenvalue weighted by Gasteiger charge is -2.14. The molecule has 3 N–H and O–H groups in total. The summed E-state index contributed by atoms with van der Waals surface area (Å²) in [6.45, 7) is 6.29. The van der Waals surface area contributed by atoms with E-state index in [1.807, 2.05) is 7.05 Å². The number of carbonyl (C=O) groups is 1. The van der Waals surface area contributed by atoms with Gasteiger partial charge in [-0.25, -0.2) is 0 Å². The molecule has 0 aliphatic carbocycles. The Morgan fingerprint density at radius 2 is 2.25 bits per heavy atom. The predicted octanol–water partition coefficient (Wildman–Crippen LogP) is -0.598. The third-order valence-electron chi connectivity index (χ3n) is 1.75. The van der Waals surface area contributed by atoms with E-state index in [0.717, 1.165) is 13.1 Å². The number of likely N-dealkylation sites (N-methyl/N-ethyl adjacent to an activating group) is 1. The molecule has 0 fully saturated rings. The van der Waals surface area contributed by atoms with Gasteiger partial charge in [-0.15, -0.1) is 0 Å². The van der Waals surface area contributed by atoms with E-state index in [1.165, 1.54) is 0 Å². The highest BCUT2D eigenvalue weighted by molar-refractivity contribution is 5.80. The smallest absolute Gasteiger partial charge is 0.236 e. The van der Waals surface area contributed by atoms with Crippen molar-refractivity contribution in [2.45, 2.75) is 19.9 Å². The second kappa shape index (κ2) is 5.97. The van der Waals surface area contributed by atoms with E-state index in [2.05, 4.69) is 17.1 Å². The molecule has 1 amide bonds. The molecule has 0 aromatic heterocycles. The Morgan fingerprint density at radius 1 is 1.67 bits per heavy atom. The standard InChI is InChI=1S/C8H19N3O/c1-4-11(3)6-5-10-8(12)7(2)9/h7H,4-6,9H2,1-3H3,(H,10,12)/t7-/m1/s1. The van der Waals surface area contributed by atoms with Crippen molar-refractivity contribution in [1.29, 1.82) is 0 Å². The Morgan fingerprint density at radius 3 is 2.67 bits per heavy atom. The number of nitrogens with two attached hydrogens (primary N) is 1. The van der Waals surface area contributed by atoms with Crippen molar-refractivity contribution in [1.82, 2.24) is 10.2 Å². The van der Waals surface area contributed by atoms with Crippen molar-refractivity contribution in [3.63, 3.8) is 0 Å². The highest BCUT2D eigenvalue weighted by atomic mass is 16.2. The van der Waals surface area contributed by atoms with E-state index >= 15 is 0 Å². The van der Waals surface area contributed by atoms with Crippen LogP contribution in [0.4, 0.5) is 0 Å². The fraction of sp³-hybridized carbons (Fsp3) is 0.875. The molecular formula is C8H19N3O. The molecule has 0 saturated heterocycles. The number of rotatable bonds is 5. The first-order valence-electron chi connectivity index (χ1n) is 4.29. The molecule has 0 unspecified atom stereocenters. The van der Waals surface area contributed by atoms with Gasteiger partial charge in [0.15, 0.2) is 0 Å². The molecule has 4 nitrogen and oxygen atoms in total. The lowest BCUT2D eigenvalue weighted by atomic mass is 10.3. The second-order valence-corrected chi connectivity index (χ2v) is 2.98. The van der Waals surface area contributed by atoms with Crippen LogP contribution in [0.2, 0.25) is 0 Å². The first-order valence-corrected chi connectivity index (χ1v) is 4.29. The minimum atomic E-state index is -0.406. The van der Waals surface area contributed by atoms with Gasteiger partial charge >= 0.3 is 0 Å². The van der Waals surface area contributed by atoms with E-state index in [-0.39, 0.29) is 5.91 Å². The van der Waals surface area contributed by atoms with Crippen LogP contribution >= 0.6 is 0 Å². The van der Waals surface area contributed by atoms with Gasteiger partial charge in [-0.2, -0.15) is 0 Å². The van der Waals surface area contributed by atoms with Crippen molar-refractivity contribution in [3.05, 3.63) is 0 Å². The molecule has 0 heterocycles. The van der Waals surface area contributed by atoms with Crippen LogP contribution < -0.4 is 11.1 Å². The molecule has 0 aromatic rings. The monoisotopic (exact) mass is 173 g/mol. The molecule has 1 atom stereocenters. The summed E-state index contributed by atoms with van der Waals surface area (Å²) in [5.41, 5.74) is 5.36. The highest BCUT2D eigenvalue weighted by Gasteiger charge is 2.05. The van der Waals surface area contributed by atoms with Gasteiger partial charge in [-0.05, 0) is 20.5 Å². The largest absolute Gasteiger partial charge is 0.353 e. The molecule has 0 aliphatic rings. The SMILES string of the molecule is CCN(C)CCNC(=O)[C@@H](C)N. The van der Waals surface area contributed by atoms with Crippen molar-refractivity contribution >= 4 is 5.91 Å². The zero-order valence-electron chi connectivity index (χ0n) is 8.13. The molecule has 4 heteroatoms. The van der Waals surface area contributed by atoms with Gasteiger partial charge in [0.1, 0.15) is 0 Å². The van der Waals surface area contributed by atoms with Crippen molar-refractivity contribution in [2.75, 3.05) is 26.7 Å². The molecule has 0 bridgehead atoms. The number of nitrogens with zero attached hydrogens (tertiary/aromatic N) is 1. The van der Waals surface area contributed by atoms with Crippen LogP contribution in [0.5, 0.6) is 0 Å². The van der Waals surface area contributed by atoms with E-state index in [4.69, 9.17) is 5.73 Å². The first kappa shape index (κ1) is 11.4. The van der Waals surface area contributed by atoms with E-state index in [9.17, 15) is 4.79 Å². The lowest BCUT2D eigenvalue weighted by molar-refractivity contribution is -0.122. The van der Waals surface area contributed by atoms with Crippen molar-refractivity contribution in [3.8, 4) is 0 Å². The Hall–Kier alpha value is -0.610. The zero-order valence-corrected chi connectivity index (χ0v) is 8.13. The molecule has 0 aliphatic heterocycles. The van der Waals surface area contributed by atoms with Crippen LogP contribution in [0.25, 0.3) is 0 Å². The molecule has 0 saturated carbocycles.